The van der Waals surface area contributed by atoms with E-state index in [0.29, 0.717) is 25.5 Å². The van der Waals surface area contributed by atoms with Crippen LogP contribution in [0.4, 0.5) is 10.1 Å². The van der Waals surface area contributed by atoms with Crippen molar-refractivity contribution in [1.82, 2.24) is 15.6 Å². The third-order valence-corrected chi connectivity index (χ3v) is 5.42. The Kier molecular flexibility index (Phi) is 7.89. The smallest absolute Gasteiger partial charge is 0.227 e. The van der Waals surface area contributed by atoms with E-state index in [1.807, 2.05) is 35.4 Å². The van der Waals surface area contributed by atoms with E-state index in [0.717, 1.165) is 47.1 Å². The molecule has 1 fully saturated rings. The Labute approximate surface area is 198 Å². The van der Waals surface area contributed by atoms with Crippen molar-refractivity contribution in [3.05, 3.63) is 65.6 Å². The topological polar surface area (TPSA) is 72.5 Å². The van der Waals surface area contributed by atoms with Gasteiger partial charge in [0.15, 0.2) is 5.96 Å². The quantitative estimate of drug-likeness (QED) is 0.254. The number of nitrogens with zero attached hydrogens (tertiary/aromatic N) is 2. The molecule has 0 radical (unpaired) electrons. The molecule has 0 atom stereocenters. The number of rotatable bonds is 6. The maximum atomic E-state index is 13.5. The van der Waals surface area contributed by atoms with Gasteiger partial charge in [0.2, 0.25) is 5.91 Å². The summed E-state index contributed by atoms with van der Waals surface area (Å²) >= 11 is 0. The largest absolute Gasteiger partial charge is 0.361 e. The molecule has 1 aromatic heterocycles. The first-order valence-corrected chi connectivity index (χ1v) is 10.2. The normalized spacial score (nSPS) is 14.1. The molecule has 164 valence electrons. The second kappa shape index (κ2) is 10.6. The van der Waals surface area contributed by atoms with Crippen molar-refractivity contribution in [3.63, 3.8) is 0 Å². The molecule has 3 aromatic rings. The van der Waals surface area contributed by atoms with Crippen molar-refractivity contribution in [2.45, 2.75) is 25.8 Å². The summed E-state index contributed by atoms with van der Waals surface area (Å²) in [6.07, 6.45) is 4.24. The van der Waals surface area contributed by atoms with Gasteiger partial charge in [-0.1, -0.05) is 12.1 Å². The van der Waals surface area contributed by atoms with Crippen LogP contribution in [0.5, 0.6) is 0 Å². The zero-order valence-electron chi connectivity index (χ0n) is 17.5. The van der Waals surface area contributed by atoms with Gasteiger partial charge >= 0.3 is 0 Å². The van der Waals surface area contributed by atoms with Gasteiger partial charge in [-0.2, -0.15) is 0 Å². The number of halogens is 2. The molecule has 0 unspecified atom stereocenters. The van der Waals surface area contributed by atoms with Crippen LogP contribution in [0.2, 0.25) is 0 Å². The minimum Gasteiger partial charge on any atom is -0.361 e. The molecular weight excluding hydrogens is 508 g/mol. The van der Waals surface area contributed by atoms with E-state index in [1.165, 1.54) is 6.07 Å². The zero-order valence-corrected chi connectivity index (χ0v) is 19.8. The van der Waals surface area contributed by atoms with Gasteiger partial charge in [-0.25, -0.2) is 4.39 Å². The number of benzene rings is 2. The number of aliphatic imine (C=N–C) groups is 1. The first-order chi connectivity index (χ1) is 14.6. The minimum absolute atomic E-state index is 0. The fourth-order valence-corrected chi connectivity index (χ4v) is 3.79. The molecule has 31 heavy (non-hydrogen) atoms. The lowest BCUT2D eigenvalue weighted by molar-refractivity contribution is -0.117. The van der Waals surface area contributed by atoms with Gasteiger partial charge in [0.25, 0.3) is 0 Å². The summed E-state index contributed by atoms with van der Waals surface area (Å²) in [5.41, 5.74) is 4.08. The van der Waals surface area contributed by atoms with Gasteiger partial charge in [0.1, 0.15) is 5.82 Å². The fourth-order valence-electron chi connectivity index (χ4n) is 3.79. The van der Waals surface area contributed by atoms with Crippen LogP contribution >= 0.6 is 24.0 Å². The summed E-state index contributed by atoms with van der Waals surface area (Å²) in [6.45, 7) is 2.11. The highest BCUT2D eigenvalue weighted by Gasteiger charge is 2.21. The highest BCUT2D eigenvalue weighted by molar-refractivity contribution is 14.0. The Morgan fingerprint density at radius 3 is 2.71 bits per heavy atom. The number of aromatic nitrogens is 1. The lowest BCUT2D eigenvalue weighted by Crippen LogP contribution is -2.37. The Morgan fingerprint density at radius 1 is 1.19 bits per heavy atom. The molecule has 0 spiro atoms. The highest BCUT2D eigenvalue weighted by atomic mass is 127. The summed E-state index contributed by atoms with van der Waals surface area (Å²) in [5, 5.41) is 7.51. The van der Waals surface area contributed by atoms with Crippen LogP contribution in [0.1, 0.15) is 24.0 Å². The Bertz CT molecular complexity index is 1060. The van der Waals surface area contributed by atoms with E-state index in [-0.39, 0.29) is 35.7 Å². The van der Waals surface area contributed by atoms with Gasteiger partial charge in [0, 0.05) is 55.9 Å². The highest BCUT2D eigenvalue weighted by Crippen LogP contribution is 2.22. The van der Waals surface area contributed by atoms with Crippen LogP contribution in [0.25, 0.3) is 10.9 Å². The van der Waals surface area contributed by atoms with Crippen molar-refractivity contribution in [1.29, 1.82) is 0 Å². The number of hydrogen-bond donors (Lipinski definition) is 3. The van der Waals surface area contributed by atoms with Crippen LogP contribution in [-0.2, 0) is 17.8 Å². The van der Waals surface area contributed by atoms with E-state index >= 15 is 0 Å². The molecule has 4 rings (SSSR count). The SMILES string of the molecule is CN=C(NCCc1c[nH]c2ccc(F)cc12)NCc1ccc(N2CCCC2=O)cc1.I. The standard InChI is InChI=1S/C23H26FN5O.HI/c1-25-23(26-11-10-17-15-27-21-9-6-18(24)13-20(17)21)28-14-16-4-7-19(8-5-16)29-12-2-3-22(29)30;/h4-9,13,15,27H,2-3,10-12,14H2,1H3,(H2,25,26,28);1H. The first kappa shape index (κ1) is 23.1. The maximum Gasteiger partial charge on any atom is 0.227 e. The Balaban J connectivity index is 0.00000272. The molecule has 1 aliphatic rings. The number of fused-ring (bicyclic) bond motifs is 1. The molecular formula is C23H27FIN5O. The predicted octanol–water partition coefficient (Wildman–Crippen LogP) is 3.96. The zero-order chi connectivity index (χ0) is 20.9. The van der Waals surface area contributed by atoms with E-state index in [4.69, 9.17) is 0 Å². The van der Waals surface area contributed by atoms with Crippen LogP contribution in [0, 0.1) is 5.82 Å². The first-order valence-electron chi connectivity index (χ1n) is 10.2. The lowest BCUT2D eigenvalue weighted by Gasteiger charge is -2.16. The van der Waals surface area contributed by atoms with Gasteiger partial charge in [-0.15, -0.1) is 24.0 Å². The summed E-state index contributed by atoms with van der Waals surface area (Å²) in [4.78, 5) is 21.1. The van der Waals surface area contributed by atoms with Crippen molar-refractivity contribution < 1.29 is 9.18 Å². The van der Waals surface area contributed by atoms with E-state index in [1.54, 1.807) is 19.2 Å². The van der Waals surface area contributed by atoms with Crippen molar-refractivity contribution in [3.8, 4) is 0 Å². The van der Waals surface area contributed by atoms with Gasteiger partial charge in [-0.3, -0.25) is 9.79 Å². The van der Waals surface area contributed by atoms with Gasteiger partial charge in [-0.05, 0) is 54.3 Å². The number of H-pyrrole nitrogens is 1. The monoisotopic (exact) mass is 535 g/mol. The number of hydrogen-bond acceptors (Lipinski definition) is 2. The van der Waals surface area contributed by atoms with Crippen LogP contribution in [0.3, 0.4) is 0 Å². The van der Waals surface area contributed by atoms with Crippen molar-refractivity contribution in [2.24, 2.45) is 4.99 Å². The van der Waals surface area contributed by atoms with E-state index in [2.05, 4.69) is 20.6 Å². The molecule has 0 bridgehead atoms. The summed E-state index contributed by atoms with van der Waals surface area (Å²) in [5.74, 6) is 0.678. The summed E-state index contributed by atoms with van der Waals surface area (Å²) < 4.78 is 13.5. The van der Waals surface area contributed by atoms with Crippen LogP contribution in [0.15, 0.2) is 53.7 Å². The third-order valence-electron chi connectivity index (χ3n) is 5.42. The number of carbonyl (C=O) groups is 1. The number of carbonyl (C=O) groups excluding carboxylic acids is 1. The maximum absolute atomic E-state index is 13.5. The van der Waals surface area contributed by atoms with Gasteiger partial charge < -0.3 is 20.5 Å². The van der Waals surface area contributed by atoms with E-state index < -0.39 is 0 Å². The fraction of sp³-hybridized carbons (Fsp3) is 0.304. The molecule has 1 saturated heterocycles. The lowest BCUT2D eigenvalue weighted by atomic mass is 10.1. The minimum atomic E-state index is -0.228. The summed E-state index contributed by atoms with van der Waals surface area (Å²) in [6, 6.07) is 12.8. The second-order valence-electron chi connectivity index (χ2n) is 7.42. The molecule has 8 heteroatoms. The second-order valence-corrected chi connectivity index (χ2v) is 7.42. The molecule has 1 aliphatic heterocycles. The number of amides is 1. The number of nitrogens with one attached hydrogen (secondary N) is 3. The average molecular weight is 535 g/mol. The van der Waals surface area contributed by atoms with Crippen molar-refractivity contribution >= 4 is 52.4 Å². The molecule has 2 aromatic carbocycles. The molecule has 2 heterocycles. The molecule has 0 aliphatic carbocycles. The van der Waals surface area contributed by atoms with Crippen LogP contribution in [-0.4, -0.2) is 37.0 Å². The van der Waals surface area contributed by atoms with Gasteiger partial charge in [0.05, 0.1) is 0 Å². The average Bonchev–Trinajstić information content (AvgIpc) is 3.37. The number of guanidine groups is 1. The molecule has 3 N–H and O–H groups in total. The molecule has 6 nitrogen and oxygen atoms in total. The predicted molar refractivity (Wildman–Crippen MR) is 134 cm³/mol. The number of aromatic amines is 1. The van der Waals surface area contributed by atoms with E-state index in [9.17, 15) is 9.18 Å². The third kappa shape index (κ3) is 5.55. The van der Waals surface area contributed by atoms with Crippen molar-refractivity contribution in [2.75, 3.05) is 25.0 Å². The Morgan fingerprint density at radius 2 is 2.00 bits per heavy atom. The number of anilines is 1. The molecule has 1 amide bonds. The Hall–Kier alpha value is -2.62. The van der Waals surface area contributed by atoms with Crippen LogP contribution < -0.4 is 15.5 Å². The molecule has 0 saturated carbocycles. The summed E-state index contributed by atoms with van der Waals surface area (Å²) in [7, 11) is 1.73.